The van der Waals surface area contributed by atoms with Crippen molar-refractivity contribution < 1.29 is 24.5 Å². The Balaban J connectivity index is 1.58. The first-order valence-corrected chi connectivity index (χ1v) is 12.1. The highest BCUT2D eigenvalue weighted by molar-refractivity contribution is 5.79. The zero-order chi connectivity index (χ0) is 21.8. The summed E-state index contributed by atoms with van der Waals surface area (Å²) in [5, 5.41) is 22.8. The quantitative estimate of drug-likeness (QED) is 0.677. The van der Waals surface area contributed by atoms with E-state index in [1.54, 1.807) is 0 Å². The smallest absolute Gasteiger partial charge is 0.305 e. The van der Waals surface area contributed by atoms with Crippen LogP contribution in [0.4, 0.5) is 0 Å². The summed E-state index contributed by atoms with van der Waals surface area (Å²) in [6.07, 6.45) is 6.15. The van der Waals surface area contributed by atoms with Gasteiger partial charge in [-0.1, -0.05) is 20.8 Å². The molecule has 2 N–H and O–H groups in total. The lowest BCUT2D eigenvalue weighted by atomic mass is 9.43. The van der Waals surface area contributed by atoms with Crippen molar-refractivity contribution in [2.24, 2.45) is 46.3 Å². The van der Waals surface area contributed by atoms with Gasteiger partial charge in [-0.25, -0.2) is 0 Å². The first kappa shape index (κ1) is 22.3. The third-order valence-corrected chi connectivity index (χ3v) is 10.4. The van der Waals surface area contributed by atoms with Crippen LogP contribution in [0.2, 0.25) is 0 Å². The van der Waals surface area contributed by atoms with Crippen LogP contribution in [0.1, 0.15) is 78.6 Å². The van der Waals surface area contributed by atoms with Crippen LogP contribution in [0.25, 0.3) is 0 Å². The monoisotopic (exact) mass is 420 g/mol. The molecule has 0 aromatic carbocycles. The molecule has 0 aliphatic heterocycles. The number of hydrogen-bond acceptors (Lipinski definition) is 5. The van der Waals surface area contributed by atoms with Crippen LogP contribution in [0.15, 0.2) is 0 Å². The normalized spacial score (nSPS) is 49.0. The standard InChI is InChI=1S/C25H40O5/c1-14(5-8-22(29)30-4)17-6-7-18-23-19(13-21(28)25(17,18)3)24(2)10-9-16(26)11-15(24)12-20(23)27/h14-15,17-21,23,27-28H,5-13H2,1-4H3/t14?,15-,17?,18?,19?,20?,21-,23?,24?,25?/m0/s1. The average Bonchev–Trinajstić information content (AvgIpc) is 3.06. The van der Waals surface area contributed by atoms with Crippen molar-refractivity contribution in [3.8, 4) is 0 Å². The Labute approximate surface area is 180 Å². The second kappa shape index (κ2) is 7.88. The van der Waals surface area contributed by atoms with Gasteiger partial charge >= 0.3 is 5.97 Å². The van der Waals surface area contributed by atoms with Gasteiger partial charge in [-0.2, -0.15) is 0 Å². The van der Waals surface area contributed by atoms with E-state index in [1.807, 2.05) is 0 Å². The van der Waals surface area contributed by atoms with Crippen molar-refractivity contribution in [2.75, 3.05) is 7.11 Å². The predicted molar refractivity (Wildman–Crippen MR) is 113 cm³/mol. The number of aliphatic hydroxyl groups excluding tert-OH is 2. The summed E-state index contributed by atoms with van der Waals surface area (Å²) in [7, 11) is 1.43. The number of esters is 1. The van der Waals surface area contributed by atoms with Crippen molar-refractivity contribution in [3.05, 3.63) is 0 Å². The van der Waals surface area contributed by atoms with E-state index in [2.05, 4.69) is 20.8 Å². The van der Waals surface area contributed by atoms with Gasteiger partial charge in [-0.05, 0) is 84.9 Å². The zero-order valence-electron chi connectivity index (χ0n) is 19.1. The Kier molecular flexibility index (Phi) is 5.85. The van der Waals surface area contributed by atoms with Gasteiger partial charge in [0.2, 0.25) is 0 Å². The number of carbonyl (C=O) groups excluding carboxylic acids is 2. The molecule has 4 aliphatic rings. The molecule has 5 nitrogen and oxygen atoms in total. The van der Waals surface area contributed by atoms with Gasteiger partial charge < -0.3 is 14.9 Å². The minimum atomic E-state index is -0.391. The second-order valence-corrected chi connectivity index (χ2v) is 11.4. The summed E-state index contributed by atoms with van der Waals surface area (Å²) in [5.74, 6) is 1.92. The fourth-order valence-electron chi connectivity index (χ4n) is 8.59. The van der Waals surface area contributed by atoms with Gasteiger partial charge in [0.05, 0.1) is 19.3 Å². The molecular weight excluding hydrogens is 380 g/mol. The summed E-state index contributed by atoms with van der Waals surface area (Å²) >= 11 is 0. The van der Waals surface area contributed by atoms with Gasteiger partial charge in [0, 0.05) is 19.3 Å². The van der Waals surface area contributed by atoms with Gasteiger partial charge in [0.15, 0.2) is 0 Å². The number of rotatable bonds is 4. The number of Topliss-reactive ketones (excluding diaryl/α,β-unsaturated/α-hetero) is 1. The molecule has 4 saturated carbocycles. The molecule has 0 bridgehead atoms. The van der Waals surface area contributed by atoms with Crippen LogP contribution >= 0.6 is 0 Å². The minimum Gasteiger partial charge on any atom is -0.469 e. The van der Waals surface area contributed by atoms with Crippen molar-refractivity contribution in [1.29, 1.82) is 0 Å². The molecule has 0 aromatic heterocycles. The Morgan fingerprint density at radius 2 is 1.93 bits per heavy atom. The summed E-state index contributed by atoms with van der Waals surface area (Å²) in [6, 6.07) is 0. The van der Waals surface area contributed by atoms with E-state index in [1.165, 1.54) is 7.11 Å². The Bertz CT molecular complexity index is 691. The number of hydrogen-bond donors (Lipinski definition) is 2. The SMILES string of the molecule is COC(=O)CCC(C)C1CCC2C3C(O)C[C@@H]4CC(=O)CCC4(C)C3C[C@H](O)C12C. The van der Waals surface area contributed by atoms with Gasteiger partial charge in [-0.3, -0.25) is 9.59 Å². The Morgan fingerprint density at radius 1 is 1.20 bits per heavy atom. The van der Waals surface area contributed by atoms with E-state index < -0.39 is 6.10 Å². The molecular formula is C25H40O5. The van der Waals surface area contributed by atoms with Crippen LogP contribution in [-0.2, 0) is 14.3 Å². The van der Waals surface area contributed by atoms with E-state index >= 15 is 0 Å². The van der Waals surface area contributed by atoms with E-state index in [0.717, 1.165) is 38.5 Å². The van der Waals surface area contributed by atoms with E-state index in [9.17, 15) is 19.8 Å². The van der Waals surface area contributed by atoms with Crippen LogP contribution in [0.3, 0.4) is 0 Å². The molecule has 0 saturated heterocycles. The average molecular weight is 421 g/mol. The van der Waals surface area contributed by atoms with E-state index in [4.69, 9.17) is 4.74 Å². The van der Waals surface area contributed by atoms with Crippen LogP contribution in [0, 0.1) is 46.3 Å². The van der Waals surface area contributed by atoms with Crippen molar-refractivity contribution in [2.45, 2.75) is 90.8 Å². The number of aliphatic hydroxyl groups is 2. The third kappa shape index (κ3) is 3.26. The fraction of sp³-hybridized carbons (Fsp3) is 0.920. The highest BCUT2D eigenvalue weighted by Crippen LogP contribution is 2.68. The largest absolute Gasteiger partial charge is 0.469 e. The third-order valence-electron chi connectivity index (χ3n) is 10.4. The highest BCUT2D eigenvalue weighted by Gasteiger charge is 2.65. The molecule has 0 aromatic rings. The van der Waals surface area contributed by atoms with Gasteiger partial charge in [-0.15, -0.1) is 0 Å². The van der Waals surface area contributed by atoms with Crippen LogP contribution < -0.4 is 0 Å². The van der Waals surface area contributed by atoms with Crippen molar-refractivity contribution >= 4 is 11.8 Å². The number of fused-ring (bicyclic) bond motifs is 5. The Morgan fingerprint density at radius 3 is 2.63 bits per heavy atom. The minimum absolute atomic E-state index is 0.0503. The molecule has 4 fully saturated rings. The summed E-state index contributed by atoms with van der Waals surface area (Å²) in [6.45, 7) is 6.78. The van der Waals surface area contributed by atoms with Crippen molar-refractivity contribution in [1.82, 2.24) is 0 Å². The summed E-state index contributed by atoms with van der Waals surface area (Å²) in [4.78, 5) is 23.8. The number of ketones is 1. The molecule has 170 valence electrons. The van der Waals surface area contributed by atoms with Gasteiger partial charge in [0.25, 0.3) is 0 Å². The van der Waals surface area contributed by atoms with Gasteiger partial charge in [0.1, 0.15) is 5.78 Å². The zero-order valence-corrected chi connectivity index (χ0v) is 19.1. The first-order valence-electron chi connectivity index (χ1n) is 12.1. The summed E-state index contributed by atoms with van der Waals surface area (Å²) in [5.41, 5.74) is -0.167. The molecule has 30 heavy (non-hydrogen) atoms. The number of ether oxygens (including phenoxy) is 1. The van der Waals surface area contributed by atoms with Crippen LogP contribution in [-0.4, -0.2) is 41.3 Å². The molecule has 0 heterocycles. The van der Waals surface area contributed by atoms with Crippen molar-refractivity contribution in [3.63, 3.8) is 0 Å². The number of carbonyl (C=O) groups is 2. The number of methoxy groups -OCH3 is 1. The summed E-state index contributed by atoms with van der Waals surface area (Å²) < 4.78 is 4.82. The molecule has 0 radical (unpaired) electrons. The molecule has 0 amide bonds. The highest BCUT2D eigenvalue weighted by atomic mass is 16.5. The van der Waals surface area contributed by atoms with Crippen LogP contribution in [0.5, 0.6) is 0 Å². The lowest BCUT2D eigenvalue weighted by Gasteiger charge is -2.63. The van der Waals surface area contributed by atoms with E-state index in [-0.39, 0.29) is 40.7 Å². The topological polar surface area (TPSA) is 83.8 Å². The first-order chi connectivity index (χ1) is 14.1. The maximum Gasteiger partial charge on any atom is 0.305 e. The molecule has 8 unspecified atom stereocenters. The maximum absolute atomic E-state index is 12.1. The lowest BCUT2D eigenvalue weighted by Crippen LogP contribution is -2.62. The molecule has 10 atom stereocenters. The molecule has 4 rings (SSSR count). The predicted octanol–water partition coefficient (Wildman–Crippen LogP) is 3.75. The Hall–Kier alpha value is -0.940. The molecule has 4 aliphatic carbocycles. The molecule has 0 spiro atoms. The second-order valence-electron chi connectivity index (χ2n) is 11.4. The maximum atomic E-state index is 12.1. The fourth-order valence-corrected chi connectivity index (χ4v) is 8.59. The molecule has 5 heteroatoms. The van der Waals surface area contributed by atoms with E-state index in [0.29, 0.717) is 42.8 Å². The lowest BCUT2D eigenvalue weighted by molar-refractivity contribution is -0.201.